The molecule has 1 aromatic rings. The highest BCUT2D eigenvalue weighted by Gasteiger charge is 2.21. The van der Waals surface area contributed by atoms with E-state index >= 15 is 0 Å². The summed E-state index contributed by atoms with van der Waals surface area (Å²) in [5, 5.41) is 4.98. The Hall–Kier alpha value is -1.38. The standard InChI is InChI=1S/C12H19NO6S/c1-8(2)7-17-4-5-18-12(14)10-6-11(9(3)19-10)20(13,15)16/h6,8H,4-5,7H2,1-3H3,(H2,13,15,16). The van der Waals surface area contributed by atoms with Crippen molar-refractivity contribution >= 4 is 16.0 Å². The number of hydrogen-bond acceptors (Lipinski definition) is 6. The van der Waals surface area contributed by atoms with Gasteiger partial charge >= 0.3 is 5.97 Å². The molecule has 0 radical (unpaired) electrons. The summed E-state index contributed by atoms with van der Waals surface area (Å²) in [6.45, 7) is 6.33. The van der Waals surface area contributed by atoms with Crippen LogP contribution in [0.25, 0.3) is 0 Å². The average Bonchev–Trinajstić information content (AvgIpc) is 2.70. The molecule has 0 bridgehead atoms. The lowest BCUT2D eigenvalue weighted by Gasteiger charge is -2.06. The van der Waals surface area contributed by atoms with Crippen molar-refractivity contribution in [1.29, 1.82) is 0 Å². The molecule has 0 saturated heterocycles. The second kappa shape index (κ2) is 6.87. The van der Waals surface area contributed by atoms with Crippen LogP contribution >= 0.6 is 0 Å². The Labute approximate surface area is 118 Å². The van der Waals surface area contributed by atoms with E-state index in [1.54, 1.807) is 0 Å². The van der Waals surface area contributed by atoms with Crippen LogP contribution in [0, 0.1) is 12.8 Å². The van der Waals surface area contributed by atoms with Gasteiger partial charge in [0.2, 0.25) is 15.8 Å². The van der Waals surface area contributed by atoms with E-state index in [0.717, 1.165) is 6.07 Å². The molecule has 0 unspecified atom stereocenters. The Bertz CT molecular complexity index is 561. The lowest BCUT2D eigenvalue weighted by Crippen LogP contribution is -2.13. The molecular formula is C12H19NO6S. The Morgan fingerprint density at radius 1 is 1.40 bits per heavy atom. The largest absolute Gasteiger partial charge is 0.457 e. The van der Waals surface area contributed by atoms with E-state index in [4.69, 9.17) is 19.0 Å². The second-order valence-electron chi connectivity index (χ2n) is 4.68. The molecule has 0 aromatic carbocycles. The Kier molecular flexibility index (Phi) is 5.73. The fourth-order valence-corrected chi connectivity index (χ4v) is 2.15. The molecule has 7 nitrogen and oxygen atoms in total. The molecule has 0 aliphatic heterocycles. The number of furan rings is 1. The van der Waals surface area contributed by atoms with E-state index < -0.39 is 16.0 Å². The number of hydrogen-bond donors (Lipinski definition) is 1. The first-order valence-corrected chi connectivity index (χ1v) is 7.64. The molecule has 0 spiro atoms. The molecular weight excluding hydrogens is 286 g/mol. The van der Waals surface area contributed by atoms with Crippen LogP contribution in [-0.4, -0.2) is 34.2 Å². The van der Waals surface area contributed by atoms with Crippen LogP contribution in [0.2, 0.25) is 0 Å². The van der Waals surface area contributed by atoms with E-state index in [1.165, 1.54) is 6.92 Å². The maximum atomic E-state index is 11.6. The number of sulfonamides is 1. The quantitative estimate of drug-likeness (QED) is 0.596. The predicted octanol–water partition coefficient (Wildman–Crippen LogP) is 1.06. The minimum atomic E-state index is -3.91. The van der Waals surface area contributed by atoms with E-state index in [9.17, 15) is 13.2 Å². The van der Waals surface area contributed by atoms with E-state index in [0.29, 0.717) is 12.5 Å². The van der Waals surface area contributed by atoms with Crippen LogP contribution in [0.1, 0.15) is 30.2 Å². The van der Waals surface area contributed by atoms with Gasteiger partial charge in [-0.2, -0.15) is 0 Å². The Morgan fingerprint density at radius 2 is 2.05 bits per heavy atom. The first-order chi connectivity index (χ1) is 9.21. The molecule has 114 valence electrons. The Morgan fingerprint density at radius 3 is 2.55 bits per heavy atom. The maximum absolute atomic E-state index is 11.6. The number of esters is 1. The van der Waals surface area contributed by atoms with Gasteiger partial charge in [-0.05, 0) is 12.8 Å². The van der Waals surface area contributed by atoms with E-state index in [2.05, 4.69) is 0 Å². The van der Waals surface area contributed by atoms with Gasteiger partial charge in [0.1, 0.15) is 17.3 Å². The summed E-state index contributed by atoms with van der Waals surface area (Å²) < 4.78 is 37.6. The molecule has 1 aromatic heterocycles. The highest BCUT2D eigenvalue weighted by atomic mass is 32.2. The van der Waals surface area contributed by atoms with Crippen LogP contribution in [0.3, 0.4) is 0 Å². The smallest absolute Gasteiger partial charge is 0.374 e. The monoisotopic (exact) mass is 305 g/mol. The summed E-state index contributed by atoms with van der Waals surface area (Å²) in [6.07, 6.45) is 0. The summed E-state index contributed by atoms with van der Waals surface area (Å²) in [5.74, 6) is -0.502. The lowest BCUT2D eigenvalue weighted by molar-refractivity contribution is 0.0249. The minimum absolute atomic E-state index is 0.0514. The molecule has 0 fully saturated rings. The highest BCUT2D eigenvalue weighted by Crippen LogP contribution is 2.19. The maximum Gasteiger partial charge on any atom is 0.374 e. The van der Waals surface area contributed by atoms with Crippen LogP contribution in [0.5, 0.6) is 0 Å². The summed E-state index contributed by atoms with van der Waals surface area (Å²) in [5.41, 5.74) is 0. The zero-order valence-electron chi connectivity index (χ0n) is 11.7. The number of ether oxygens (including phenoxy) is 2. The summed E-state index contributed by atoms with van der Waals surface area (Å²) in [7, 11) is -3.91. The third kappa shape index (κ3) is 4.95. The van der Waals surface area contributed by atoms with Gasteiger partial charge in [0, 0.05) is 12.7 Å². The molecule has 0 saturated carbocycles. The number of carbonyl (C=O) groups excluding carboxylic acids is 1. The molecule has 0 aliphatic carbocycles. The molecule has 20 heavy (non-hydrogen) atoms. The van der Waals surface area contributed by atoms with Crippen molar-refractivity contribution in [2.24, 2.45) is 11.1 Å². The average molecular weight is 305 g/mol. The minimum Gasteiger partial charge on any atom is -0.457 e. The number of rotatable bonds is 7. The summed E-state index contributed by atoms with van der Waals surface area (Å²) in [6, 6.07) is 1.06. The zero-order chi connectivity index (χ0) is 15.3. The normalized spacial score (nSPS) is 11.8. The number of carbonyl (C=O) groups is 1. The van der Waals surface area contributed by atoms with Crippen molar-refractivity contribution in [1.82, 2.24) is 0 Å². The van der Waals surface area contributed by atoms with Crippen molar-refractivity contribution in [2.75, 3.05) is 19.8 Å². The van der Waals surface area contributed by atoms with E-state index in [1.807, 2.05) is 13.8 Å². The molecule has 0 atom stereocenters. The molecule has 1 heterocycles. The van der Waals surface area contributed by atoms with Gasteiger partial charge < -0.3 is 13.9 Å². The fourth-order valence-electron chi connectivity index (χ4n) is 1.43. The first-order valence-electron chi connectivity index (χ1n) is 6.10. The van der Waals surface area contributed by atoms with Crippen molar-refractivity contribution in [3.63, 3.8) is 0 Å². The van der Waals surface area contributed by atoms with Crippen LogP contribution < -0.4 is 5.14 Å². The van der Waals surface area contributed by atoms with Gasteiger partial charge in [-0.3, -0.25) is 0 Å². The molecule has 2 N–H and O–H groups in total. The van der Waals surface area contributed by atoms with Gasteiger partial charge in [0.05, 0.1) is 6.61 Å². The molecule has 0 amide bonds. The van der Waals surface area contributed by atoms with E-state index in [-0.39, 0.29) is 29.6 Å². The number of aryl methyl sites for hydroxylation is 1. The predicted molar refractivity (Wildman–Crippen MR) is 70.8 cm³/mol. The third-order valence-electron chi connectivity index (χ3n) is 2.29. The van der Waals surface area contributed by atoms with Gasteiger partial charge in [-0.1, -0.05) is 13.8 Å². The summed E-state index contributed by atoms with van der Waals surface area (Å²) in [4.78, 5) is 11.4. The number of primary sulfonamides is 1. The third-order valence-corrected chi connectivity index (χ3v) is 3.31. The first kappa shape index (κ1) is 16.7. The summed E-state index contributed by atoms with van der Waals surface area (Å²) >= 11 is 0. The fraction of sp³-hybridized carbons (Fsp3) is 0.583. The SMILES string of the molecule is Cc1oc(C(=O)OCCOCC(C)C)cc1S(N)(=O)=O. The molecule has 8 heteroatoms. The topological polar surface area (TPSA) is 109 Å². The Balaban J connectivity index is 2.53. The van der Waals surface area contributed by atoms with Crippen LogP contribution in [0.4, 0.5) is 0 Å². The van der Waals surface area contributed by atoms with Crippen LogP contribution in [0.15, 0.2) is 15.4 Å². The highest BCUT2D eigenvalue weighted by molar-refractivity contribution is 7.89. The molecule has 1 rings (SSSR count). The van der Waals surface area contributed by atoms with Gasteiger partial charge in [0.15, 0.2) is 0 Å². The zero-order valence-corrected chi connectivity index (χ0v) is 12.5. The van der Waals surface area contributed by atoms with Crippen molar-refractivity contribution in [3.8, 4) is 0 Å². The van der Waals surface area contributed by atoms with Gasteiger partial charge in [-0.25, -0.2) is 18.4 Å². The van der Waals surface area contributed by atoms with Crippen LogP contribution in [-0.2, 0) is 19.5 Å². The second-order valence-corrected chi connectivity index (χ2v) is 6.21. The van der Waals surface area contributed by atoms with Gasteiger partial charge in [0.25, 0.3) is 0 Å². The van der Waals surface area contributed by atoms with Crippen molar-refractivity contribution in [2.45, 2.75) is 25.7 Å². The van der Waals surface area contributed by atoms with Gasteiger partial charge in [-0.15, -0.1) is 0 Å². The lowest BCUT2D eigenvalue weighted by atomic mass is 10.2. The molecule has 0 aliphatic rings. The van der Waals surface area contributed by atoms with Crippen molar-refractivity contribution < 1.29 is 27.1 Å². The van der Waals surface area contributed by atoms with Crippen molar-refractivity contribution in [3.05, 3.63) is 17.6 Å². The number of nitrogens with two attached hydrogens (primary N) is 1.